The van der Waals surface area contributed by atoms with Crippen LogP contribution in [0.4, 0.5) is 10.1 Å². The first-order valence-corrected chi connectivity index (χ1v) is 7.70. The molecule has 1 aromatic rings. The Morgan fingerprint density at radius 1 is 1.17 bits per heavy atom. The van der Waals surface area contributed by atoms with Gasteiger partial charge < -0.3 is 9.80 Å². The minimum Gasteiger partial charge on any atom is -0.368 e. The summed E-state index contributed by atoms with van der Waals surface area (Å²) in [5, 5.41) is 0. The molecular weight excluding hydrogens is 255 g/mol. The molecule has 0 aromatic heterocycles. The Labute approximate surface area is 107 Å². The van der Waals surface area contributed by atoms with Gasteiger partial charge >= 0.3 is 0 Å². The van der Waals surface area contributed by atoms with E-state index in [1.54, 1.807) is 6.07 Å². The van der Waals surface area contributed by atoms with Crippen LogP contribution in [-0.2, 0) is 9.84 Å². The summed E-state index contributed by atoms with van der Waals surface area (Å²) in [4.78, 5) is 4.25. The predicted octanol–water partition coefficient (Wildman–Crippen LogP) is 0.981. The van der Waals surface area contributed by atoms with Crippen LogP contribution in [-0.4, -0.2) is 52.8 Å². The van der Waals surface area contributed by atoms with Crippen molar-refractivity contribution in [2.45, 2.75) is 4.90 Å². The Morgan fingerprint density at radius 2 is 1.78 bits per heavy atom. The highest BCUT2D eigenvalue weighted by Crippen LogP contribution is 2.26. The molecule has 4 nitrogen and oxygen atoms in total. The largest absolute Gasteiger partial charge is 0.368 e. The molecule has 1 fully saturated rings. The third kappa shape index (κ3) is 2.81. The summed E-state index contributed by atoms with van der Waals surface area (Å²) in [7, 11) is -1.39. The van der Waals surface area contributed by atoms with E-state index in [9.17, 15) is 12.8 Å². The highest BCUT2D eigenvalue weighted by molar-refractivity contribution is 7.90. The van der Waals surface area contributed by atoms with Crippen LogP contribution < -0.4 is 4.90 Å². The summed E-state index contributed by atoms with van der Waals surface area (Å²) in [6, 6.07) is 3.96. The fourth-order valence-electron chi connectivity index (χ4n) is 2.09. The minimum absolute atomic E-state index is 0.0760. The van der Waals surface area contributed by atoms with Gasteiger partial charge in [-0.15, -0.1) is 0 Å². The van der Waals surface area contributed by atoms with Crippen LogP contribution in [0.5, 0.6) is 0 Å². The van der Waals surface area contributed by atoms with Crippen LogP contribution in [0.1, 0.15) is 0 Å². The molecule has 0 bridgehead atoms. The summed E-state index contributed by atoms with van der Waals surface area (Å²) in [6.07, 6.45) is 1.11. The molecule has 0 radical (unpaired) electrons. The number of benzene rings is 1. The van der Waals surface area contributed by atoms with E-state index in [1.165, 1.54) is 6.07 Å². The van der Waals surface area contributed by atoms with Gasteiger partial charge in [0.25, 0.3) is 0 Å². The van der Waals surface area contributed by atoms with Crippen molar-refractivity contribution in [3.8, 4) is 0 Å². The average molecular weight is 272 g/mol. The highest BCUT2D eigenvalue weighted by atomic mass is 32.2. The lowest BCUT2D eigenvalue weighted by Crippen LogP contribution is -2.44. The van der Waals surface area contributed by atoms with Crippen molar-refractivity contribution in [2.75, 3.05) is 44.4 Å². The first kappa shape index (κ1) is 13.3. The Kier molecular flexibility index (Phi) is 3.59. The molecule has 1 aliphatic heterocycles. The molecule has 0 atom stereocenters. The number of rotatable bonds is 2. The van der Waals surface area contributed by atoms with Crippen LogP contribution in [0.15, 0.2) is 23.1 Å². The Bertz CT molecular complexity index is 537. The molecule has 1 aromatic carbocycles. The molecule has 18 heavy (non-hydrogen) atoms. The summed E-state index contributed by atoms with van der Waals surface area (Å²) < 4.78 is 36.6. The third-order valence-electron chi connectivity index (χ3n) is 3.17. The Balaban J connectivity index is 2.39. The van der Waals surface area contributed by atoms with E-state index in [0.29, 0.717) is 5.69 Å². The Hall–Kier alpha value is -1.14. The summed E-state index contributed by atoms with van der Waals surface area (Å²) in [5.74, 6) is -0.520. The quantitative estimate of drug-likeness (QED) is 0.805. The van der Waals surface area contributed by atoms with Crippen molar-refractivity contribution < 1.29 is 12.8 Å². The fraction of sp³-hybridized carbons (Fsp3) is 0.500. The van der Waals surface area contributed by atoms with E-state index in [4.69, 9.17) is 0 Å². The van der Waals surface area contributed by atoms with E-state index < -0.39 is 15.7 Å². The summed E-state index contributed by atoms with van der Waals surface area (Å²) in [6.45, 7) is 3.26. The van der Waals surface area contributed by atoms with Crippen molar-refractivity contribution in [2.24, 2.45) is 0 Å². The molecule has 0 N–H and O–H groups in total. The molecule has 100 valence electrons. The van der Waals surface area contributed by atoms with Gasteiger partial charge in [0, 0.05) is 32.4 Å². The molecule has 0 aliphatic carbocycles. The molecule has 1 saturated heterocycles. The molecule has 0 saturated carbocycles. The van der Waals surface area contributed by atoms with E-state index in [1.807, 2.05) is 11.9 Å². The van der Waals surface area contributed by atoms with Gasteiger partial charge in [-0.2, -0.15) is 0 Å². The van der Waals surface area contributed by atoms with Gasteiger partial charge in [0.2, 0.25) is 0 Å². The number of hydrogen-bond acceptors (Lipinski definition) is 4. The number of nitrogens with zero attached hydrogens (tertiary/aromatic N) is 2. The van der Waals surface area contributed by atoms with Crippen molar-refractivity contribution in [3.05, 3.63) is 24.0 Å². The first-order chi connectivity index (χ1) is 8.38. The van der Waals surface area contributed by atoms with Gasteiger partial charge in [0.05, 0.1) is 10.6 Å². The molecule has 0 spiro atoms. The Morgan fingerprint density at radius 3 is 2.33 bits per heavy atom. The van der Waals surface area contributed by atoms with Gasteiger partial charge in [-0.05, 0) is 25.2 Å². The van der Waals surface area contributed by atoms with Crippen molar-refractivity contribution in [3.63, 3.8) is 0 Å². The lowest BCUT2D eigenvalue weighted by molar-refractivity contribution is 0.312. The number of piperazine rings is 1. The van der Waals surface area contributed by atoms with Crippen LogP contribution in [0.3, 0.4) is 0 Å². The third-order valence-corrected chi connectivity index (χ3v) is 4.29. The molecule has 1 aliphatic rings. The second-order valence-corrected chi connectivity index (χ2v) is 6.66. The first-order valence-electron chi connectivity index (χ1n) is 5.81. The van der Waals surface area contributed by atoms with E-state index in [0.717, 1.165) is 38.5 Å². The lowest BCUT2D eigenvalue weighted by Gasteiger charge is -2.34. The molecule has 2 rings (SSSR count). The SMILES string of the molecule is CN1CCN(c2ccc(F)cc2S(C)(=O)=O)CC1. The van der Waals surface area contributed by atoms with Crippen molar-refractivity contribution >= 4 is 15.5 Å². The normalized spacial score (nSPS) is 18.1. The van der Waals surface area contributed by atoms with Gasteiger partial charge in [-0.3, -0.25) is 0 Å². The molecule has 0 unspecified atom stereocenters. The summed E-state index contributed by atoms with van der Waals surface area (Å²) in [5.41, 5.74) is 0.604. The standard InChI is InChI=1S/C12H17FN2O2S/c1-14-5-7-15(8-6-14)11-4-3-10(13)9-12(11)18(2,16)17/h3-4,9H,5-8H2,1-2H3. The lowest BCUT2D eigenvalue weighted by atomic mass is 10.2. The smallest absolute Gasteiger partial charge is 0.177 e. The van der Waals surface area contributed by atoms with Crippen LogP contribution in [0, 0.1) is 5.82 Å². The second-order valence-electron chi connectivity index (χ2n) is 4.67. The second kappa shape index (κ2) is 4.85. The van der Waals surface area contributed by atoms with E-state index in [2.05, 4.69) is 4.90 Å². The predicted molar refractivity (Wildman–Crippen MR) is 69.2 cm³/mol. The number of sulfone groups is 1. The number of hydrogen-bond donors (Lipinski definition) is 0. The molecular formula is C12H17FN2O2S. The topological polar surface area (TPSA) is 40.6 Å². The highest BCUT2D eigenvalue weighted by Gasteiger charge is 2.21. The summed E-state index contributed by atoms with van der Waals surface area (Å²) >= 11 is 0. The number of likely N-dealkylation sites (N-methyl/N-ethyl adjacent to an activating group) is 1. The molecule has 0 amide bonds. The maximum atomic E-state index is 13.2. The van der Waals surface area contributed by atoms with Crippen LogP contribution in [0.2, 0.25) is 0 Å². The zero-order valence-electron chi connectivity index (χ0n) is 10.6. The minimum atomic E-state index is -3.41. The van der Waals surface area contributed by atoms with Crippen LogP contribution in [0.25, 0.3) is 0 Å². The van der Waals surface area contributed by atoms with Gasteiger partial charge in [0.1, 0.15) is 5.82 Å². The van der Waals surface area contributed by atoms with Gasteiger partial charge in [0.15, 0.2) is 9.84 Å². The maximum absolute atomic E-state index is 13.2. The van der Waals surface area contributed by atoms with Crippen molar-refractivity contribution in [1.82, 2.24) is 4.90 Å². The molecule has 1 heterocycles. The van der Waals surface area contributed by atoms with Crippen molar-refractivity contribution in [1.29, 1.82) is 0 Å². The van der Waals surface area contributed by atoms with E-state index >= 15 is 0 Å². The van der Waals surface area contributed by atoms with Crippen LogP contribution >= 0.6 is 0 Å². The van der Waals surface area contributed by atoms with Gasteiger partial charge in [-0.1, -0.05) is 0 Å². The molecule has 6 heteroatoms. The number of halogens is 1. The number of anilines is 1. The fourth-order valence-corrected chi connectivity index (χ4v) is 3.00. The van der Waals surface area contributed by atoms with Gasteiger partial charge in [-0.25, -0.2) is 12.8 Å². The maximum Gasteiger partial charge on any atom is 0.177 e. The van der Waals surface area contributed by atoms with E-state index in [-0.39, 0.29) is 4.90 Å². The zero-order chi connectivity index (χ0) is 13.3. The monoisotopic (exact) mass is 272 g/mol. The average Bonchev–Trinajstić information content (AvgIpc) is 2.29. The zero-order valence-corrected chi connectivity index (χ0v) is 11.4.